The number of fused-ring (bicyclic) bond motifs is 1. The fourth-order valence-corrected chi connectivity index (χ4v) is 3.29. The van der Waals surface area contributed by atoms with Gasteiger partial charge < -0.3 is 5.11 Å². The van der Waals surface area contributed by atoms with Crippen LogP contribution in [0, 0.1) is 17.8 Å². The molecule has 1 saturated carbocycles. The minimum atomic E-state index is -0.675. The highest BCUT2D eigenvalue weighted by Crippen LogP contribution is 2.47. The molecule has 0 amide bonds. The summed E-state index contributed by atoms with van der Waals surface area (Å²) in [6, 6.07) is 0. The summed E-state index contributed by atoms with van der Waals surface area (Å²) >= 11 is 0. The van der Waals surface area contributed by atoms with Gasteiger partial charge in [-0.05, 0) is 43.4 Å². The van der Waals surface area contributed by atoms with E-state index in [-0.39, 0.29) is 0 Å². The average molecular weight is 194 g/mol. The first kappa shape index (κ1) is 9.75. The molecule has 0 heterocycles. The smallest absolute Gasteiger partial charge is 0.331 e. The SMILES string of the molecule is C[C@@H]1CCC(C(=O)O)=C2CC[C@H](C)[C@H]21. The number of rotatable bonds is 1. The third-order valence-corrected chi connectivity index (χ3v) is 3.99. The fraction of sp³-hybridized carbons (Fsp3) is 0.750. The second-order valence-corrected chi connectivity index (χ2v) is 4.87. The third-order valence-electron chi connectivity index (χ3n) is 3.99. The van der Waals surface area contributed by atoms with E-state index in [1.165, 1.54) is 12.0 Å². The Morgan fingerprint density at radius 2 is 1.79 bits per heavy atom. The summed E-state index contributed by atoms with van der Waals surface area (Å²) in [5, 5.41) is 9.10. The van der Waals surface area contributed by atoms with Crippen molar-refractivity contribution in [3.8, 4) is 0 Å². The van der Waals surface area contributed by atoms with E-state index in [4.69, 9.17) is 5.11 Å². The highest BCUT2D eigenvalue weighted by molar-refractivity contribution is 5.88. The monoisotopic (exact) mass is 194 g/mol. The van der Waals surface area contributed by atoms with E-state index in [0.29, 0.717) is 17.8 Å². The van der Waals surface area contributed by atoms with Gasteiger partial charge in [-0.25, -0.2) is 4.79 Å². The standard InChI is InChI=1S/C12H18O2/c1-7-3-5-9-10(12(13)14)6-4-8(2)11(7)9/h7-8,11H,3-6H2,1-2H3,(H,13,14)/t7-,8+,11-/m0/s1. The molecule has 0 bridgehead atoms. The van der Waals surface area contributed by atoms with Crippen LogP contribution >= 0.6 is 0 Å². The molecule has 0 radical (unpaired) electrons. The molecule has 0 spiro atoms. The molecule has 1 fully saturated rings. The summed E-state index contributed by atoms with van der Waals surface area (Å²) in [7, 11) is 0. The van der Waals surface area contributed by atoms with Gasteiger partial charge in [-0.3, -0.25) is 0 Å². The van der Waals surface area contributed by atoms with E-state index in [1.54, 1.807) is 0 Å². The van der Waals surface area contributed by atoms with Crippen molar-refractivity contribution in [1.29, 1.82) is 0 Å². The van der Waals surface area contributed by atoms with Gasteiger partial charge in [0.1, 0.15) is 0 Å². The molecule has 78 valence electrons. The minimum Gasteiger partial charge on any atom is -0.478 e. The molecule has 1 N–H and O–H groups in total. The van der Waals surface area contributed by atoms with Crippen molar-refractivity contribution in [1.82, 2.24) is 0 Å². The van der Waals surface area contributed by atoms with Gasteiger partial charge in [-0.2, -0.15) is 0 Å². The first-order valence-electron chi connectivity index (χ1n) is 5.56. The molecule has 3 atom stereocenters. The van der Waals surface area contributed by atoms with Crippen LogP contribution in [0.25, 0.3) is 0 Å². The molecule has 2 rings (SSSR count). The first-order chi connectivity index (χ1) is 6.61. The van der Waals surface area contributed by atoms with Crippen LogP contribution in [-0.4, -0.2) is 11.1 Å². The quantitative estimate of drug-likeness (QED) is 0.697. The Balaban J connectivity index is 2.37. The van der Waals surface area contributed by atoms with E-state index in [2.05, 4.69) is 13.8 Å². The molecule has 0 saturated heterocycles. The van der Waals surface area contributed by atoms with Gasteiger partial charge in [0.05, 0.1) is 0 Å². The summed E-state index contributed by atoms with van der Waals surface area (Å²) in [6.07, 6.45) is 4.05. The summed E-state index contributed by atoms with van der Waals surface area (Å²) in [5.41, 5.74) is 2.00. The van der Waals surface area contributed by atoms with Crippen molar-refractivity contribution in [3.63, 3.8) is 0 Å². The van der Waals surface area contributed by atoms with Gasteiger partial charge in [0, 0.05) is 5.57 Å². The first-order valence-corrected chi connectivity index (χ1v) is 5.56. The lowest BCUT2D eigenvalue weighted by Crippen LogP contribution is -2.23. The number of carboxylic acids is 1. The average Bonchev–Trinajstić information content (AvgIpc) is 2.49. The van der Waals surface area contributed by atoms with Crippen LogP contribution in [0.15, 0.2) is 11.1 Å². The summed E-state index contributed by atoms with van der Waals surface area (Å²) in [5.74, 6) is 1.26. The zero-order valence-corrected chi connectivity index (χ0v) is 8.92. The lowest BCUT2D eigenvalue weighted by atomic mass is 9.74. The zero-order valence-electron chi connectivity index (χ0n) is 8.92. The topological polar surface area (TPSA) is 37.3 Å². The second kappa shape index (κ2) is 3.41. The molecular formula is C12H18O2. The molecule has 2 nitrogen and oxygen atoms in total. The molecule has 0 aromatic heterocycles. The van der Waals surface area contributed by atoms with Crippen LogP contribution in [0.2, 0.25) is 0 Å². The Kier molecular flexibility index (Phi) is 2.38. The molecule has 2 aliphatic carbocycles. The molecule has 14 heavy (non-hydrogen) atoms. The number of carbonyl (C=O) groups is 1. The van der Waals surface area contributed by atoms with Gasteiger partial charge >= 0.3 is 5.97 Å². The number of aliphatic carboxylic acids is 1. The predicted molar refractivity (Wildman–Crippen MR) is 54.9 cm³/mol. The van der Waals surface area contributed by atoms with Crippen LogP contribution in [-0.2, 0) is 4.79 Å². The van der Waals surface area contributed by atoms with Crippen molar-refractivity contribution in [2.24, 2.45) is 17.8 Å². The van der Waals surface area contributed by atoms with Crippen molar-refractivity contribution >= 4 is 5.97 Å². The van der Waals surface area contributed by atoms with Gasteiger partial charge in [0.2, 0.25) is 0 Å². The van der Waals surface area contributed by atoms with Gasteiger partial charge in [0.25, 0.3) is 0 Å². The van der Waals surface area contributed by atoms with Crippen LogP contribution < -0.4 is 0 Å². The van der Waals surface area contributed by atoms with Gasteiger partial charge in [0.15, 0.2) is 0 Å². The third kappa shape index (κ3) is 1.37. The maximum atomic E-state index is 11.1. The minimum absolute atomic E-state index is 0.565. The van der Waals surface area contributed by atoms with Crippen molar-refractivity contribution in [2.45, 2.75) is 39.5 Å². The lowest BCUT2D eigenvalue weighted by molar-refractivity contribution is -0.133. The summed E-state index contributed by atoms with van der Waals surface area (Å²) < 4.78 is 0. The maximum absolute atomic E-state index is 11.1. The van der Waals surface area contributed by atoms with Crippen molar-refractivity contribution in [2.75, 3.05) is 0 Å². The van der Waals surface area contributed by atoms with Gasteiger partial charge in [-0.15, -0.1) is 0 Å². The number of allylic oxidation sites excluding steroid dienone is 1. The van der Waals surface area contributed by atoms with Crippen LogP contribution in [0.5, 0.6) is 0 Å². The number of hydrogen-bond acceptors (Lipinski definition) is 1. The lowest BCUT2D eigenvalue weighted by Gasteiger charge is -2.30. The molecular weight excluding hydrogens is 176 g/mol. The number of carboxylic acid groups (broad SMARTS) is 1. The Morgan fingerprint density at radius 3 is 2.36 bits per heavy atom. The molecule has 0 aromatic rings. The molecule has 2 aliphatic rings. The van der Waals surface area contributed by atoms with E-state index in [9.17, 15) is 4.79 Å². The summed E-state index contributed by atoms with van der Waals surface area (Å²) in [6.45, 7) is 4.53. The van der Waals surface area contributed by atoms with Crippen LogP contribution in [0.1, 0.15) is 39.5 Å². The largest absolute Gasteiger partial charge is 0.478 e. The fourth-order valence-electron chi connectivity index (χ4n) is 3.29. The summed E-state index contributed by atoms with van der Waals surface area (Å²) in [4.78, 5) is 11.1. The molecule has 2 heteroatoms. The van der Waals surface area contributed by atoms with E-state index >= 15 is 0 Å². The molecule has 0 aromatic carbocycles. The van der Waals surface area contributed by atoms with Gasteiger partial charge in [-0.1, -0.05) is 19.4 Å². The van der Waals surface area contributed by atoms with Crippen LogP contribution in [0.3, 0.4) is 0 Å². The Hall–Kier alpha value is -0.790. The highest BCUT2D eigenvalue weighted by atomic mass is 16.4. The zero-order chi connectivity index (χ0) is 10.3. The highest BCUT2D eigenvalue weighted by Gasteiger charge is 2.38. The number of hydrogen-bond donors (Lipinski definition) is 1. The normalized spacial score (nSPS) is 37.1. The Morgan fingerprint density at radius 1 is 1.21 bits per heavy atom. The molecule has 0 aliphatic heterocycles. The van der Waals surface area contributed by atoms with Crippen LogP contribution in [0.4, 0.5) is 0 Å². The van der Waals surface area contributed by atoms with E-state index in [1.807, 2.05) is 0 Å². The Bertz CT molecular complexity index is 291. The molecule has 0 unspecified atom stereocenters. The van der Waals surface area contributed by atoms with Crippen molar-refractivity contribution < 1.29 is 9.90 Å². The second-order valence-electron chi connectivity index (χ2n) is 4.87. The maximum Gasteiger partial charge on any atom is 0.331 e. The van der Waals surface area contributed by atoms with E-state index in [0.717, 1.165) is 24.8 Å². The van der Waals surface area contributed by atoms with E-state index < -0.39 is 5.97 Å². The predicted octanol–water partition coefficient (Wildman–Crippen LogP) is 2.84. The van der Waals surface area contributed by atoms with Crippen molar-refractivity contribution in [3.05, 3.63) is 11.1 Å². The Labute approximate surface area is 85.0 Å².